The third kappa shape index (κ3) is 3.62. The molecule has 2 heterocycles. The van der Waals surface area contributed by atoms with Crippen LogP contribution in [0.4, 0.5) is 0 Å². The second kappa shape index (κ2) is 7.45. The van der Waals surface area contributed by atoms with Crippen LogP contribution in [0, 0.1) is 11.8 Å². The zero-order chi connectivity index (χ0) is 18.1. The van der Waals surface area contributed by atoms with E-state index in [4.69, 9.17) is 0 Å². The van der Waals surface area contributed by atoms with Crippen LogP contribution in [0.1, 0.15) is 37.3 Å². The van der Waals surface area contributed by atoms with Crippen LogP contribution in [0.3, 0.4) is 0 Å². The lowest BCUT2D eigenvalue weighted by molar-refractivity contribution is 0.343. The van der Waals surface area contributed by atoms with Crippen LogP contribution in [0.5, 0.6) is 0 Å². The second-order valence-corrected chi connectivity index (χ2v) is 10.2. The summed E-state index contributed by atoms with van der Waals surface area (Å²) in [5, 5.41) is 0. The van der Waals surface area contributed by atoms with Gasteiger partial charge in [-0.15, -0.1) is 0 Å². The van der Waals surface area contributed by atoms with Crippen LogP contribution in [0.2, 0.25) is 0 Å². The van der Waals surface area contributed by atoms with Crippen molar-refractivity contribution in [1.29, 1.82) is 0 Å². The van der Waals surface area contributed by atoms with Gasteiger partial charge in [0.05, 0.1) is 5.75 Å². The number of likely N-dealkylation sites (tertiary alicyclic amines) is 1. The average molecular weight is 375 g/mol. The quantitative estimate of drug-likeness (QED) is 0.768. The summed E-state index contributed by atoms with van der Waals surface area (Å²) in [4.78, 5) is 2.55. The van der Waals surface area contributed by atoms with Crippen molar-refractivity contribution in [2.45, 2.75) is 32.6 Å². The number of benzene rings is 1. The Morgan fingerprint density at radius 2 is 1.81 bits per heavy atom. The van der Waals surface area contributed by atoms with E-state index < -0.39 is 10.0 Å². The molecule has 0 spiro atoms. The van der Waals surface area contributed by atoms with Crippen LogP contribution in [0.25, 0.3) is 5.57 Å². The highest BCUT2D eigenvalue weighted by Crippen LogP contribution is 2.43. The molecule has 2 saturated heterocycles. The lowest BCUT2D eigenvalue weighted by atomic mass is 9.90. The summed E-state index contributed by atoms with van der Waals surface area (Å²) in [7, 11) is -3.07. The summed E-state index contributed by atoms with van der Waals surface area (Å²) < 4.78 is 26.1. The van der Waals surface area contributed by atoms with E-state index in [-0.39, 0.29) is 5.75 Å². The van der Waals surface area contributed by atoms with E-state index in [0.717, 1.165) is 19.4 Å². The molecule has 2 fully saturated rings. The van der Waals surface area contributed by atoms with Gasteiger partial charge in [0.15, 0.2) is 0 Å². The Labute approximate surface area is 157 Å². The van der Waals surface area contributed by atoms with Crippen molar-refractivity contribution >= 4 is 15.6 Å². The van der Waals surface area contributed by atoms with E-state index in [1.807, 2.05) is 0 Å². The fourth-order valence-electron chi connectivity index (χ4n) is 4.75. The minimum atomic E-state index is -3.07. The minimum absolute atomic E-state index is 0.206. The first kappa shape index (κ1) is 18.2. The Balaban J connectivity index is 1.40. The predicted octanol–water partition coefficient (Wildman–Crippen LogP) is 3.01. The fraction of sp³-hybridized carbons (Fsp3) is 0.619. The zero-order valence-electron chi connectivity index (χ0n) is 15.7. The number of sulfonamides is 1. The number of allylic oxidation sites excluding steroid dienone is 1. The van der Waals surface area contributed by atoms with Crippen molar-refractivity contribution in [3.63, 3.8) is 0 Å². The van der Waals surface area contributed by atoms with E-state index in [2.05, 4.69) is 35.2 Å². The molecule has 0 radical (unpaired) electrons. The van der Waals surface area contributed by atoms with E-state index in [0.29, 0.717) is 24.9 Å². The van der Waals surface area contributed by atoms with E-state index in [1.165, 1.54) is 42.6 Å². The topological polar surface area (TPSA) is 40.6 Å². The molecule has 5 heteroatoms. The monoisotopic (exact) mass is 374 g/mol. The van der Waals surface area contributed by atoms with Gasteiger partial charge in [-0.3, -0.25) is 0 Å². The first-order chi connectivity index (χ1) is 12.6. The summed E-state index contributed by atoms with van der Waals surface area (Å²) in [6, 6.07) is 9.00. The smallest absolute Gasteiger partial charge is 0.213 e. The summed E-state index contributed by atoms with van der Waals surface area (Å²) in [6.45, 7) is 6.76. The first-order valence-corrected chi connectivity index (χ1v) is 11.7. The molecule has 2 atom stereocenters. The maximum absolute atomic E-state index is 12.2. The molecule has 0 bridgehead atoms. The molecule has 0 amide bonds. The Hall–Kier alpha value is -1.17. The summed E-state index contributed by atoms with van der Waals surface area (Å²) in [6.07, 6.45) is 7.16. The molecule has 0 saturated carbocycles. The summed E-state index contributed by atoms with van der Waals surface area (Å²) >= 11 is 0. The molecule has 1 aliphatic carbocycles. The molecule has 3 aliphatic rings. The lowest BCUT2D eigenvalue weighted by Crippen LogP contribution is -2.30. The molecule has 142 valence electrons. The molecular formula is C21H30N2O2S. The van der Waals surface area contributed by atoms with Crippen LogP contribution in [0.15, 0.2) is 30.3 Å². The van der Waals surface area contributed by atoms with Gasteiger partial charge in [-0.1, -0.05) is 30.3 Å². The molecule has 2 aliphatic heterocycles. The van der Waals surface area contributed by atoms with Gasteiger partial charge in [0.2, 0.25) is 10.0 Å². The number of rotatable bonds is 6. The van der Waals surface area contributed by atoms with Gasteiger partial charge in [-0.25, -0.2) is 12.7 Å². The van der Waals surface area contributed by atoms with Crippen LogP contribution >= 0.6 is 0 Å². The van der Waals surface area contributed by atoms with Gasteiger partial charge in [-0.05, 0) is 68.3 Å². The average Bonchev–Trinajstić information content (AvgIpc) is 3.37. The largest absolute Gasteiger partial charge is 0.303 e. The van der Waals surface area contributed by atoms with Gasteiger partial charge in [-0.2, -0.15) is 0 Å². The van der Waals surface area contributed by atoms with Crippen LogP contribution in [-0.4, -0.2) is 56.1 Å². The van der Waals surface area contributed by atoms with Crippen LogP contribution in [-0.2, 0) is 16.4 Å². The fourth-order valence-corrected chi connectivity index (χ4v) is 5.92. The highest BCUT2D eigenvalue weighted by molar-refractivity contribution is 7.89. The summed E-state index contributed by atoms with van der Waals surface area (Å²) in [5.41, 5.74) is 4.03. The Kier molecular flexibility index (Phi) is 5.22. The lowest BCUT2D eigenvalue weighted by Gasteiger charge is -2.17. The molecule has 1 aromatic carbocycles. The van der Waals surface area contributed by atoms with E-state index >= 15 is 0 Å². The Morgan fingerprint density at radius 3 is 2.50 bits per heavy atom. The zero-order valence-corrected chi connectivity index (χ0v) is 16.5. The molecule has 1 aromatic rings. The Bertz CT molecular complexity index is 764. The Morgan fingerprint density at radius 1 is 1.08 bits per heavy atom. The normalized spacial score (nSPS) is 27.0. The van der Waals surface area contributed by atoms with Gasteiger partial charge < -0.3 is 4.90 Å². The number of nitrogens with zero attached hydrogens (tertiary/aromatic N) is 2. The van der Waals surface area contributed by atoms with Crippen LogP contribution < -0.4 is 0 Å². The van der Waals surface area contributed by atoms with E-state index in [1.54, 1.807) is 11.2 Å². The number of fused-ring (bicyclic) bond motifs is 1. The van der Waals surface area contributed by atoms with Crippen molar-refractivity contribution in [2.75, 3.05) is 38.5 Å². The van der Waals surface area contributed by atoms with Crippen molar-refractivity contribution in [3.05, 3.63) is 41.5 Å². The predicted molar refractivity (Wildman–Crippen MR) is 106 cm³/mol. The maximum atomic E-state index is 12.2. The molecule has 0 unspecified atom stereocenters. The number of hydrogen-bond donors (Lipinski definition) is 0. The third-order valence-corrected chi connectivity index (χ3v) is 8.22. The van der Waals surface area contributed by atoms with Gasteiger partial charge in [0, 0.05) is 25.6 Å². The van der Waals surface area contributed by atoms with E-state index in [9.17, 15) is 8.42 Å². The molecule has 26 heavy (non-hydrogen) atoms. The SMILES string of the molecule is CCS(=O)(=O)N1C[C@H]2CC=C(c3ccc(CCN4CCCC4)cc3)[C@H]2C1. The van der Waals surface area contributed by atoms with Crippen molar-refractivity contribution < 1.29 is 8.42 Å². The number of hydrogen-bond acceptors (Lipinski definition) is 3. The third-order valence-electron chi connectivity index (χ3n) is 6.41. The highest BCUT2D eigenvalue weighted by atomic mass is 32.2. The van der Waals surface area contributed by atoms with Crippen molar-refractivity contribution in [1.82, 2.24) is 9.21 Å². The van der Waals surface area contributed by atoms with Gasteiger partial charge >= 0.3 is 0 Å². The van der Waals surface area contributed by atoms with Crippen molar-refractivity contribution in [3.8, 4) is 0 Å². The molecular weight excluding hydrogens is 344 g/mol. The highest BCUT2D eigenvalue weighted by Gasteiger charge is 2.42. The molecule has 0 N–H and O–H groups in total. The molecule has 0 aromatic heterocycles. The van der Waals surface area contributed by atoms with Crippen molar-refractivity contribution in [2.24, 2.45) is 11.8 Å². The minimum Gasteiger partial charge on any atom is -0.303 e. The molecule has 4 nitrogen and oxygen atoms in total. The maximum Gasteiger partial charge on any atom is 0.213 e. The van der Waals surface area contributed by atoms with Gasteiger partial charge in [0.25, 0.3) is 0 Å². The summed E-state index contributed by atoms with van der Waals surface area (Å²) in [5.74, 6) is 1.03. The second-order valence-electron chi connectivity index (χ2n) is 7.97. The standard InChI is InChI=1S/C21H30N2O2S/c1-2-26(24,25)23-15-19-9-10-20(21(19)16-23)18-7-5-17(6-8-18)11-14-22-12-3-4-13-22/h5-8,10,19,21H,2-4,9,11-16H2,1H3/t19-,21+/m1/s1. The first-order valence-electron chi connectivity index (χ1n) is 10.1. The molecule has 4 rings (SSSR count). The van der Waals surface area contributed by atoms with Gasteiger partial charge in [0.1, 0.15) is 0 Å².